The SMILES string of the molecule is Cc1cc(F)ccc1CC(NN)c1snnc1C(C)(C)C. The van der Waals surface area contributed by atoms with Gasteiger partial charge in [-0.05, 0) is 48.1 Å². The number of rotatable bonds is 4. The van der Waals surface area contributed by atoms with Gasteiger partial charge in [-0.3, -0.25) is 11.3 Å². The molecule has 0 amide bonds. The van der Waals surface area contributed by atoms with Gasteiger partial charge in [-0.25, -0.2) is 4.39 Å². The molecule has 4 nitrogen and oxygen atoms in total. The van der Waals surface area contributed by atoms with Crippen LogP contribution in [0.2, 0.25) is 0 Å². The molecule has 1 aromatic heterocycles. The van der Waals surface area contributed by atoms with Crippen LogP contribution in [0.25, 0.3) is 0 Å². The van der Waals surface area contributed by atoms with Crippen LogP contribution in [0.1, 0.15) is 48.5 Å². The van der Waals surface area contributed by atoms with Crippen LogP contribution in [0.3, 0.4) is 0 Å². The van der Waals surface area contributed by atoms with Crippen molar-refractivity contribution >= 4 is 11.5 Å². The highest BCUT2D eigenvalue weighted by Crippen LogP contribution is 2.32. The van der Waals surface area contributed by atoms with Crippen molar-refractivity contribution in [2.75, 3.05) is 0 Å². The minimum Gasteiger partial charge on any atom is -0.271 e. The molecule has 0 bridgehead atoms. The molecule has 0 saturated carbocycles. The quantitative estimate of drug-likeness (QED) is 0.673. The highest BCUT2D eigenvalue weighted by molar-refractivity contribution is 7.05. The van der Waals surface area contributed by atoms with Gasteiger partial charge in [0.1, 0.15) is 5.82 Å². The first-order valence-corrected chi connectivity index (χ1v) is 7.64. The maximum absolute atomic E-state index is 13.2. The Balaban J connectivity index is 2.31. The second kappa shape index (κ2) is 6.17. The van der Waals surface area contributed by atoms with Gasteiger partial charge >= 0.3 is 0 Å². The van der Waals surface area contributed by atoms with E-state index in [9.17, 15) is 4.39 Å². The number of aromatic nitrogens is 2. The normalized spacial score (nSPS) is 13.4. The maximum Gasteiger partial charge on any atom is 0.123 e. The van der Waals surface area contributed by atoms with Crippen molar-refractivity contribution in [3.8, 4) is 0 Å². The molecule has 2 rings (SSSR count). The van der Waals surface area contributed by atoms with E-state index in [1.54, 1.807) is 12.1 Å². The lowest BCUT2D eigenvalue weighted by Crippen LogP contribution is -2.31. The van der Waals surface area contributed by atoms with Gasteiger partial charge in [-0.1, -0.05) is 31.3 Å². The molecule has 2 aromatic rings. The van der Waals surface area contributed by atoms with Gasteiger partial charge in [-0.2, -0.15) is 0 Å². The molecule has 0 aliphatic heterocycles. The fraction of sp³-hybridized carbons (Fsp3) is 0.467. The van der Waals surface area contributed by atoms with Crippen LogP contribution >= 0.6 is 11.5 Å². The molecule has 1 heterocycles. The van der Waals surface area contributed by atoms with E-state index < -0.39 is 0 Å². The summed E-state index contributed by atoms with van der Waals surface area (Å²) in [5, 5.41) is 4.25. The number of hydrogen-bond acceptors (Lipinski definition) is 5. The van der Waals surface area contributed by atoms with Gasteiger partial charge in [0.2, 0.25) is 0 Å². The summed E-state index contributed by atoms with van der Waals surface area (Å²) in [6.45, 7) is 8.21. The lowest BCUT2D eigenvalue weighted by molar-refractivity contribution is 0.514. The Morgan fingerprint density at radius 1 is 1.38 bits per heavy atom. The van der Waals surface area contributed by atoms with Crippen LogP contribution in [0.4, 0.5) is 4.39 Å². The smallest absolute Gasteiger partial charge is 0.123 e. The molecular weight excluding hydrogens is 287 g/mol. The minimum atomic E-state index is -0.219. The number of benzene rings is 1. The standard InChI is InChI=1S/C15H21FN4S/c1-9-7-11(16)6-5-10(9)8-12(18-17)13-14(15(2,3)4)19-20-21-13/h5-7,12,18H,8,17H2,1-4H3. The molecular formula is C15H21FN4S. The van der Waals surface area contributed by atoms with E-state index in [1.807, 2.05) is 6.92 Å². The van der Waals surface area contributed by atoms with E-state index in [2.05, 4.69) is 35.8 Å². The van der Waals surface area contributed by atoms with Crippen molar-refractivity contribution in [1.29, 1.82) is 0 Å². The summed E-state index contributed by atoms with van der Waals surface area (Å²) in [4.78, 5) is 1.04. The van der Waals surface area contributed by atoms with Gasteiger partial charge < -0.3 is 0 Å². The second-order valence-electron chi connectivity index (χ2n) is 6.23. The first kappa shape index (κ1) is 16.0. The van der Waals surface area contributed by atoms with Crippen LogP contribution in [0.5, 0.6) is 0 Å². The predicted octanol–water partition coefficient (Wildman–Crippen LogP) is 3.03. The third-order valence-electron chi connectivity index (χ3n) is 3.47. The average Bonchev–Trinajstić information content (AvgIpc) is 2.87. The topological polar surface area (TPSA) is 63.8 Å². The fourth-order valence-electron chi connectivity index (χ4n) is 2.28. The van der Waals surface area contributed by atoms with Gasteiger partial charge in [0.05, 0.1) is 16.6 Å². The number of halogens is 1. The molecule has 0 aliphatic rings. The first-order valence-electron chi connectivity index (χ1n) is 6.87. The van der Waals surface area contributed by atoms with E-state index in [-0.39, 0.29) is 17.3 Å². The van der Waals surface area contributed by atoms with Crippen LogP contribution in [-0.2, 0) is 11.8 Å². The number of nitrogens with one attached hydrogen (secondary N) is 1. The zero-order valence-corrected chi connectivity index (χ0v) is 13.6. The molecule has 0 radical (unpaired) electrons. The van der Waals surface area contributed by atoms with E-state index in [4.69, 9.17) is 5.84 Å². The third-order valence-corrected chi connectivity index (χ3v) is 4.31. The molecule has 0 saturated heterocycles. The monoisotopic (exact) mass is 308 g/mol. The Hall–Kier alpha value is -1.37. The Labute approximate surface area is 128 Å². The van der Waals surface area contributed by atoms with Crippen LogP contribution in [0, 0.1) is 12.7 Å². The van der Waals surface area contributed by atoms with Gasteiger partial charge in [-0.15, -0.1) is 5.10 Å². The molecule has 0 aliphatic carbocycles. The van der Waals surface area contributed by atoms with E-state index in [0.717, 1.165) is 21.7 Å². The van der Waals surface area contributed by atoms with E-state index >= 15 is 0 Å². The Bertz CT molecular complexity index is 618. The van der Waals surface area contributed by atoms with Crippen molar-refractivity contribution in [1.82, 2.24) is 15.0 Å². The summed E-state index contributed by atoms with van der Waals surface area (Å²) in [5.41, 5.74) is 5.69. The van der Waals surface area contributed by atoms with Crippen molar-refractivity contribution in [2.24, 2.45) is 5.84 Å². The van der Waals surface area contributed by atoms with Gasteiger partial charge in [0.15, 0.2) is 0 Å². The lowest BCUT2D eigenvalue weighted by atomic mass is 9.89. The highest BCUT2D eigenvalue weighted by Gasteiger charge is 2.27. The summed E-state index contributed by atoms with van der Waals surface area (Å²) >= 11 is 1.36. The van der Waals surface area contributed by atoms with E-state index in [1.165, 1.54) is 17.6 Å². The fourth-order valence-corrected chi connectivity index (χ4v) is 3.20. The van der Waals surface area contributed by atoms with Crippen LogP contribution < -0.4 is 11.3 Å². The summed E-state index contributed by atoms with van der Waals surface area (Å²) in [6, 6.07) is 4.74. The molecule has 1 aromatic carbocycles. The van der Waals surface area contributed by atoms with Crippen LogP contribution in [-0.4, -0.2) is 9.59 Å². The van der Waals surface area contributed by atoms with Gasteiger partial charge in [0, 0.05) is 5.41 Å². The van der Waals surface area contributed by atoms with Crippen molar-refractivity contribution in [3.05, 3.63) is 45.7 Å². The first-order chi connectivity index (χ1) is 9.82. The molecule has 6 heteroatoms. The maximum atomic E-state index is 13.2. The Kier molecular flexibility index (Phi) is 4.70. The number of hydrogen-bond donors (Lipinski definition) is 2. The molecule has 0 spiro atoms. The number of hydrazine groups is 1. The zero-order valence-electron chi connectivity index (χ0n) is 12.8. The molecule has 114 valence electrons. The largest absolute Gasteiger partial charge is 0.271 e. The number of aryl methyl sites for hydroxylation is 1. The highest BCUT2D eigenvalue weighted by atomic mass is 32.1. The summed E-state index contributed by atoms with van der Waals surface area (Å²) in [7, 11) is 0. The molecule has 3 N–H and O–H groups in total. The summed E-state index contributed by atoms with van der Waals surface area (Å²) in [6.07, 6.45) is 0.676. The third kappa shape index (κ3) is 3.64. The summed E-state index contributed by atoms with van der Waals surface area (Å²) < 4.78 is 17.3. The molecule has 0 fully saturated rings. The number of nitrogens with two attached hydrogens (primary N) is 1. The Morgan fingerprint density at radius 3 is 2.67 bits per heavy atom. The predicted molar refractivity (Wildman–Crippen MR) is 83.5 cm³/mol. The second-order valence-corrected chi connectivity index (χ2v) is 7.02. The minimum absolute atomic E-state index is 0.0802. The van der Waals surface area contributed by atoms with Crippen LogP contribution in [0.15, 0.2) is 18.2 Å². The van der Waals surface area contributed by atoms with E-state index in [0.29, 0.717) is 6.42 Å². The lowest BCUT2D eigenvalue weighted by Gasteiger charge is -2.22. The average molecular weight is 308 g/mol. The van der Waals surface area contributed by atoms with Crippen molar-refractivity contribution < 1.29 is 4.39 Å². The molecule has 1 unspecified atom stereocenters. The molecule has 21 heavy (non-hydrogen) atoms. The van der Waals surface area contributed by atoms with Gasteiger partial charge in [0.25, 0.3) is 0 Å². The summed E-state index contributed by atoms with van der Waals surface area (Å²) in [5.74, 6) is 5.51. The van der Waals surface area contributed by atoms with Crippen molar-refractivity contribution in [3.63, 3.8) is 0 Å². The zero-order chi connectivity index (χ0) is 15.6. The number of nitrogens with zero attached hydrogens (tertiary/aromatic N) is 2. The van der Waals surface area contributed by atoms with Crippen molar-refractivity contribution in [2.45, 2.75) is 45.6 Å². The molecule has 1 atom stereocenters. The Morgan fingerprint density at radius 2 is 2.10 bits per heavy atom.